The maximum absolute atomic E-state index is 3.91. The SMILES string of the molecule is CC=N/C=C/C(C)C. The summed E-state index contributed by atoms with van der Waals surface area (Å²) in [4.78, 5) is 3.91. The number of rotatable bonds is 2. The molecule has 0 saturated heterocycles. The zero-order valence-electron chi connectivity index (χ0n) is 5.76. The minimum atomic E-state index is 0.610. The van der Waals surface area contributed by atoms with Crippen LogP contribution in [-0.2, 0) is 0 Å². The zero-order valence-corrected chi connectivity index (χ0v) is 5.76. The molecule has 0 aromatic rings. The van der Waals surface area contributed by atoms with E-state index in [-0.39, 0.29) is 0 Å². The van der Waals surface area contributed by atoms with E-state index in [1.54, 1.807) is 6.21 Å². The third kappa shape index (κ3) is 5.41. The minimum Gasteiger partial charge on any atom is -0.270 e. The van der Waals surface area contributed by atoms with Gasteiger partial charge in [0.1, 0.15) is 0 Å². The molecule has 0 aliphatic rings. The second-order valence-corrected chi connectivity index (χ2v) is 1.99. The van der Waals surface area contributed by atoms with Gasteiger partial charge in [-0.1, -0.05) is 19.9 Å². The molecule has 0 aliphatic heterocycles. The molecule has 0 aromatic heterocycles. The maximum Gasteiger partial charge on any atom is 0.0226 e. The van der Waals surface area contributed by atoms with Crippen LogP contribution in [0.15, 0.2) is 17.3 Å². The monoisotopic (exact) mass is 111 g/mol. The standard InChI is InChI=1S/C7H13N/c1-4-8-6-5-7(2)3/h4-7H,1-3H3/b6-5+,8-4?. The van der Waals surface area contributed by atoms with E-state index in [0.717, 1.165) is 0 Å². The summed E-state index contributed by atoms with van der Waals surface area (Å²) >= 11 is 0. The first-order chi connectivity index (χ1) is 3.77. The molecule has 1 nitrogen and oxygen atoms in total. The van der Waals surface area contributed by atoms with Crippen molar-refractivity contribution in [1.29, 1.82) is 0 Å². The first kappa shape index (κ1) is 7.41. The number of allylic oxidation sites excluding steroid dienone is 1. The van der Waals surface area contributed by atoms with Crippen molar-refractivity contribution in [2.45, 2.75) is 20.8 Å². The van der Waals surface area contributed by atoms with Gasteiger partial charge in [0.15, 0.2) is 0 Å². The summed E-state index contributed by atoms with van der Waals surface area (Å²) in [7, 11) is 0. The van der Waals surface area contributed by atoms with E-state index in [4.69, 9.17) is 0 Å². The molecular weight excluding hydrogens is 98.1 g/mol. The normalized spacial score (nSPS) is 12.5. The predicted octanol–water partition coefficient (Wildman–Crippen LogP) is 2.25. The molecule has 8 heavy (non-hydrogen) atoms. The van der Waals surface area contributed by atoms with Crippen LogP contribution in [0.1, 0.15) is 20.8 Å². The second kappa shape index (κ2) is 4.57. The molecular formula is C7H13N. The fourth-order valence-corrected chi connectivity index (χ4v) is 0.308. The summed E-state index contributed by atoms with van der Waals surface area (Å²) in [6, 6.07) is 0. The first-order valence-electron chi connectivity index (χ1n) is 2.92. The number of aliphatic imine (C=N–C) groups is 1. The van der Waals surface area contributed by atoms with Gasteiger partial charge in [-0.2, -0.15) is 0 Å². The lowest BCUT2D eigenvalue weighted by Gasteiger charge is -1.87. The zero-order chi connectivity index (χ0) is 6.41. The quantitative estimate of drug-likeness (QED) is 0.484. The highest BCUT2D eigenvalue weighted by Gasteiger charge is 1.78. The third-order valence-electron chi connectivity index (χ3n) is 0.706. The van der Waals surface area contributed by atoms with Crippen LogP contribution in [0.2, 0.25) is 0 Å². The van der Waals surface area contributed by atoms with Crippen LogP contribution in [0, 0.1) is 5.92 Å². The number of hydrogen-bond acceptors (Lipinski definition) is 1. The molecule has 0 radical (unpaired) electrons. The van der Waals surface area contributed by atoms with Crippen molar-refractivity contribution in [2.24, 2.45) is 10.9 Å². The smallest absolute Gasteiger partial charge is 0.0226 e. The molecule has 46 valence electrons. The van der Waals surface area contributed by atoms with Crippen LogP contribution < -0.4 is 0 Å². The lowest BCUT2D eigenvalue weighted by atomic mass is 10.2. The van der Waals surface area contributed by atoms with E-state index in [1.165, 1.54) is 0 Å². The Balaban J connectivity index is 3.34. The van der Waals surface area contributed by atoms with E-state index >= 15 is 0 Å². The van der Waals surface area contributed by atoms with Gasteiger partial charge in [0, 0.05) is 12.4 Å². The highest BCUT2D eigenvalue weighted by molar-refractivity contribution is 5.54. The van der Waals surface area contributed by atoms with Gasteiger partial charge in [0.25, 0.3) is 0 Å². The summed E-state index contributed by atoms with van der Waals surface area (Å²) in [5.41, 5.74) is 0. The number of nitrogens with zero attached hydrogens (tertiary/aromatic N) is 1. The van der Waals surface area contributed by atoms with Crippen molar-refractivity contribution in [3.63, 3.8) is 0 Å². The Morgan fingerprint density at radius 2 is 2.00 bits per heavy atom. The van der Waals surface area contributed by atoms with Crippen LogP contribution >= 0.6 is 0 Å². The maximum atomic E-state index is 3.91. The van der Waals surface area contributed by atoms with E-state index in [9.17, 15) is 0 Å². The van der Waals surface area contributed by atoms with Crippen LogP contribution in [0.5, 0.6) is 0 Å². The van der Waals surface area contributed by atoms with Gasteiger partial charge in [-0.15, -0.1) is 0 Å². The Labute approximate surface area is 51.1 Å². The van der Waals surface area contributed by atoms with Gasteiger partial charge in [-0.25, -0.2) is 0 Å². The molecule has 0 amide bonds. The van der Waals surface area contributed by atoms with E-state index in [0.29, 0.717) is 5.92 Å². The summed E-state index contributed by atoms with van der Waals surface area (Å²) in [6.07, 6.45) is 5.66. The topological polar surface area (TPSA) is 12.4 Å². The average Bonchev–Trinajstić information content (AvgIpc) is 1.66. The Morgan fingerprint density at radius 1 is 1.38 bits per heavy atom. The highest BCUT2D eigenvalue weighted by Crippen LogP contribution is 1.91. The molecule has 0 rings (SSSR count). The summed E-state index contributed by atoms with van der Waals surface area (Å²) in [5.74, 6) is 0.610. The highest BCUT2D eigenvalue weighted by atomic mass is 14.6. The Morgan fingerprint density at radius 3 is 2.38 bits per heavy atom. The molecule has 0 heterocycles. The first-order valence-corrected chi connectivity index (χ1v) is 2.92. The van der Waals surface area contributed by atoms with E-state index in [1.807, 2.05) is 13.1 Å². The van der Waals surface area contributed by atoms with Gasteiger partial charge < -0.3 is 0 Å². The lowest BCUT2D eigenvalue weighted by Crippen LogP contribution is -1.74. The second-order valence-electron chi connectivity index (χ2n) is 1.99. The molecule has 0 atom stereocenters. The van der Waals surface area contributed by atoms with Crippen molar-refractivity contribution < 1.29 is 0 Å². The van der Waals surface area contributed by atoms with Crippen molar-refractivity contribution >= 4 is 6.21 Å². The molecule has 0 aromatic carbocycles. The molecule has 0 spiro atoms. The Hall–Kier alpha value is -0.590. The Bertz CT molecular complexity index is 90.6. The largest absolute Gasteiger partial charge is 0.270 e. The van der Waals surface area contributed by atoms with Gasteiger partial charge in [-0.05, 0) is 12.8 Å². The molecule has 0 N–H and O–H groups in total. The summed E-state index contributed by atoms with van der Waals surface area (Å²) < 4.78 is 0. The van der Waals surface area contributed by atoms with Crippen LogP contribution in [0.4, 0.5) is 0 Å². The van der Waals surface area contributed by atoms with Gasteiger partial charge in [0.2, 0.25) is 0 Å². The van der Waals surface area contributed by atoms with Crippen molar-refractivity contribution in [3.05, 3.63) is 12.3 Å². The van der Waals surface area contributed by atoms with Crippen LogP contribution in [0.3, 0.4) is 0 Å². The van der Waals surface area contributed by atoms with Crippen molar-refractivity contribution in [3.8, 4) is 0 Å². The van der Waals surface area contributed by atoms with Gasteiger partial charge in [0.05, 0.1) is 0 Å². The predicted molar refractivity (Wildman–Crippen MR) is 38.1 cm³/mol. The fourth-order valence-electron chi connectivity index (χ4n) is 0.308. The third-order valence-corrected chi connectivity index (χ3v) is 0.706. The van der Waals surface area contributed by atoms with E-state index in [2.05, 4.69) is 24.9 Å². The molecule has 0 aliphatic carbocycles. The summed E-state index contributed by atoms with van der Waals surface area (Å²) in [6.45, 7) is 6.16. The molecule has 1 heteroatoms. The van der Waals surface area contributed by atoms with Gasteiger partial charge >= 0.3 is 0 Å². The van der Waals surface area contributed by atoms with Crippen molar-refractivity contribution in [2.75, 3.05) is 0 Å². The van der Waals surface area contributed by atoms with Gasteiger partial charge in [-0.3, -0.25) is 4.99 Å². The Kier molecular flexibility index (Phi) is 4.23. The number of hydrogen-bond donors (Lipinski definition) is 0. The van der Waals surface area contributed by atoms with Crippen molar-refractivity contribution in [1.82, 2.24) is 0 Å². The lowest BCUT2D eigenvalue weighted by molar-refractivity contribution is 0.829. The average molecular weight is 111 g/mol. The minimum absolute atomic E-state index is 0.610. The molecule has 0 fully saturated rings. The fraction of sp³-hybridized carbons (Fsp3) is 0.571. The molecule has 0 bridgehead atoms. The summed E-state index contributed by atoms with van der Waals surface area (Å²) in [5, 5.41) is 0. The van der Waals surface area contributed by atoms with Crippen LogP contribution in [0.25, 0.3) is 0 Å². The van der Waals surface area contributed by atoms with E-state index < -0.39 is 0 Å². The van der Waals surface area contributed by atoms with Crippen LogP contribution in [-0.4, -0.2) is 6.21 Å². The molecule has 0 unspecified atom stereocenters. The molecule has 0 saturated carbocycles.